The van der Waals surface area contributed by atoms with Crippen LogP contribution in [-0.4, -0.2) is 25.2 Å². The smallest absolute Gasteiger partial charge is 0.146 e. The molecule has 3 heteroatoms. The molecule has 1 heterocycles. The minimum atomic E-state index is -0.136. The molecule has 1 aromatic carbocycles. The predicted octanol–water partition coefficient (Wildman–Crippen LogP) is 3.04. The lowest BCUT2D eigenvalue weighted by molar-refractivity contribution is 0.363. The highest BCUT2D eigenvalue weighted by atomic mass is 19.1. The van der Waals surface area contributed by atoms with Crippen molar-refractivity contribution >= 4 is 5.69 Å². The number of anilines is 1. The SMILES string of the molecule is CC1(C)CNCC(C)(C)N(c2ccccc2F)C1. The molecule has 2 rings (SSSR count). The summed E-state index contributed by atoms with van der Waals surface area (Å²) in [6.07, 6.45) is 0. The summed E-state index contributed by atoms with van der Waals surface area (Å²) < 4.78 is 14.0. The van der Waals surface area contributed by atoms with Crippen molar-refractivity contribution < 1.29 is 4.39 Å². The van der Waals surface area contributed by atoms with Gasteiger partial charge in [0.2, 0.25) is 0 Å². The van der Waals surface area contributed by atoms with Gasteiger partial charge in [-0.15, -0.1) is 0 Å². The number of nitrogens with zero attached hydrogens (tertiary/aromatic N) is 1. The highest BCUT2D eigenvalue weighted by Crippen LogP contribution is 2.32. The largest absolute Gasteiger partial charge is 0.362 e. The van der Waals surface area contributed by atoms with Crippen molar-refractivity contribution in [3.05, 3.63) is 30.1 Å². The van der Waals surface area contributed by atoms with E-state index in [9.17, 15) is 4.39 Å². The monoisotopic (exact) mass is 250 g/mol. The van der Waals surface area contributed by atoms with Gasteiger partial charge in [-0.05, 0) is 31.4 Å². The first-order valence-electron chi connectivity index (χ1n) is 6.55. The van der Waals surface area contributed by atoms with Crippen LogP contribution in [0.3, 0.4) is 0 Å². The second kappa shape index (κ2) is 4.54. The van der Waals surface area contributed by atoms with Crippen molar-refractivity contribution in [3.8, 4) is 0 Å². The molecule has 0 atom stereocenters. The van der Waals surface area contributed by atoms with Crippen molar-refractivity contribution in [1.29, 1.82) is 0 Å². The fourth-order valence-electron chi connectivity index (χ4n) is 2.58. The molecular formula is C15H23FN2. The van der Waals surface area contributed by atoms with E-state index in [1.165, 1.54) is 6.07 Å². The van der Waals surface area contributed by atoms with Crippen LogP contribution >= 0.6 is 0 Å². The lowest BCUT2D eigenvalue weighted by Crippen LogP contribution is -2.50. The van der Waals surface area contributed by atoms with E-state index in [-0.39, 0.29) is 16.8 Å². The van der Waals surface area contributed by atoms with Crippen LogP contribution < -0.4 is 10.2 Å². The molecule has 1 aliphatic rings. The highest BCUT2D eigenvalue weighted by molar-refractivity contribution is 5.50. The molecule has 0 spiro atoms. The first-order chi connectivity index (χ1) is 8.32. The standard InChI is InChI=1S/C15H23FN2/c1-14(2)9-17-10-15(3,4)18(11-14)13-8-6-5-7-12(13)16/h5-8,17H,9-11H2,1-4H3. The molecule has 0 saturated carbocycles. The molecule has 1 saturated heterocycles. The van der Waals surface area contributed by atoms with Gasteiger partial charge in [0, 0.05) is 25.2 Å². The van der Waals surface area contributed by atoms with Gasteiger partial charge < -0.3 is 10.2 Å². The number of rotatable bonds is 1. The van der Waals surface area contributed by atoms with Crippen LogP contribution in [0.4, 0.5) is 10.1 Å². The van der Waals surface area contributed by atoms with Gasteiger partial charge >= 0.3 is 0 Å². The molecule has 100 valence electrons. The van der Waals surface area contributed by atoms with Crippen molar-refractivity contribution in [2.45, 2.75) is 33.2 Å². The fourth-order valence-corrected chi connectivity index (χ4v) is 2.58. The maximum absolute atomic E-state index is 14.0. The lowest BCUT2D eigenvalue weighted by atomic mass is 9.91. The normalized spacial score (nSPS) is 22.6. The predicted molar refractivity (Wildman–Crippen MR) is 74.5 cm³/mol. The quantitative estimate of drug-likeness (QED) is 0.824. The molecule has 1 fully saturated rings. The Bertz CT molecular complexity index is 426. The van der Waals surface area contributed by atoms with Gasteiger partial charge in [-0.3, -0.25) is 0 Å². The van der Waals surface area contributed by atoms with E-state index in [4.69, 9.17) is 0 Å². The maximum atomic E-state index is 14.0. The zero-order valence-corrected chi connectivity index (χ0v) is 11.8. The molecule has 0 aliphatic carbocycles. The number of benzene rings is 1. The average Bonchev–Trinajstić information content (AvgIpc) is 2.36. The van der Waals surface area contributed by atoms with E-state index in [0.29, 0.717) is 5.69 Å². The third-order valence-electron chi connectivity index (χ3n) is 3.62. The van der Waals surface area contributed by atoms with Crippen LogP contribution in [0.5, 0.6) is 0 Å². The first-order valence-corrected chi connectivity index (χ1v) is 6.55. The Kier molecular flexibility index (Phi) is 3.37. The Labute approximate surface area is 109 Å². The topological polar surface area (TPSA) is 15.3 Å². The second-order valence-electron chi connectivity index (χ2n) is 6.62. The zero-order valence-electron chi connectivity index (χ0n) is 11.8. The molecule has 18 heavy (non-hydrogen) atoms. The number of hydrogen-bond acceptors (Lipinski definition) is 2. The van der Waals surface area contributed by atoms with Crippen LogP contribution in [0.2, 0.25) is 0 Å². The second-order valence-corrected chi connectivity index (χ2v) is 6.62. The summed E-state index contributed by atoms with van der Waals surface area (Å²) in [7, 11) is 0. The Hall–Kier alpha value is -1.09. The maximum Gasteiger partial charge on any atom is 0.146 e. The molecule has 1 aliphatic heterocycles. The average molecular weight is 250 g/mol. The molecular weight excluding hydrogens is 227 g/mol. The van der Waals surface area contributed by atoms with E-state index in [1.54, 1.807) is 6.07 Å². The van der Waals surface area contributed by atoms with E-state index >= 15 is 0 Å². The molecule has 0 amide bonds. The molecule has 0 bridgehead atoms. The summed E-state index contributed by atoms with van der Waals surface area (Å²) in [6.45, 7) is 11.4. The molecule has 1 N–H and O–H groups in total. The van der Waals surface area contributed by atoms with Gasteiger partial charge in [0.15, 0.2) is 0 Å². The van der Waals surface area contributed by atoms with Crippen LogP contribution in [0.15, 0.2) is 24.3 Å². The first kappa shape index (κ1) is 13.3. The van der Waals surface area contributed by atoms with Gasteiger partial charge in [0.25, 0.3) is 0 Å². The molecule has 0 aromatic heterocycles. The Balaban J connectivity index is 2.41. The minimum Gasteiger partial charge on any atom is -0.362 e. The van der Waals surface area contributed by atoms with Gasteiger partial charge in [-0.1, -0.05) is 26.0 Å². The van der Waals surface area contributed by atoms with Crippen LogP contribution in [0.1, 0.15) is 27.7 Å². The van der Waals surface area contributed by atoms with E-state index in [2.05, 4.69) is 37.9 Å². The summed E-state index contributed by atoms with van der Waals surface area (Å²) >= 11 is 0. The number of nitrogens with one attached hydrogen (secondary N) is 1. The summed E-state index contributed by atoms with van der Waals surface area (Å²) in [5.41, 5.74) is 0.755. The summed E-state index contributed by atoms with van der Waals surface area (Å²) in [5.74, 6) is -0.136. The summed E-state index contributed by atoms with van der Waals surface area (Å²) in [5, 5.41) is 3.48. The molecule has 0 radical (unpaired) electrons. The minimum absolute atomic E-state index is 0.0873. The number of hydrogen-bond donors (Lipinski definition) is 1. The van der Waals surface area contributed by atoms with Crippen molar-refractivity contribution in [2.24, 2.45) is 5.41 Å². The van der Waals surface area contributed by atoms with Gasteiger partial charge in [0.05, 0.1) is 5.69 Å². The third kappa shape index (κ3) is 2.66. The molecule has 0 unspecified atom stereocenters. The number of para-hydroxylation sites is 1. The lowest BCUT2D eigenvalue weighted by Gasteiger charge is -2.41. The van der Waals surface area contributed by atoms with Gasteiger partial charge in [-0.2, -0.15) is 0 Å². The van der Waals surface area contributed by atoms with Crippen LogP contribution in [-0.2, 0) is 0 Å². The fraction of sp³-hybridized carbons (Fsp3) is 0.600. The highest BCUT2D eigenvalue weighted by Gasteiger charge is 2.36. The Morgan fingerprint density at radius 1 is 1.11 bits per heavy atom. The zero-order chi connectivity index (χ0) is 13.4. The van der Waals surface area contributed by atoms with Crippen molar-refractivity contribution in [2.75, 3.05) is 24.5 Å². The Morgan fingerprint density at radius 3 is 2.44 bits per heavy atom. The molecule has 2 nitrogen and oxygen atoms in total. The van der Waals surface area contributed by atoms with Crippen molar-refractivity contribution in [3.63, 3.8) is 0 Å². The van der Waals surface area contributed by atoms with E-state index in [0.717, 1.165) is 19.6 Å². The Morgan fingerprint density at radius 2 is 1.78 bits per heavy atom. The van der Waals surface area contributed by atoms with Gasteiger partial charge in [0.1, 0.15) is 5.82 Å². The molecule has 1 aromatic rings. The van der Waals surface area contributed by atoms with Crippen LogP contribution in [0.25, 0.3) is 0 Å². The summed E-state index contributed by atoms with van der Waals surface area (Å²) in [6, 6.07) is 7.06. The van der Waals surface area contributed by atoms with Crippen LogP contribution in [0, 0.1) is 11.2 Å². The number of halogens is 1. The van der Waals surface area contributed by atoms with E-state index < -0.39 is 0 Å². The van der Waals surface area contributed by atoms with E-state index in [1.807, 2.05) is 12.1 Å². The van der Waals surface area contributed by atoms with Gasteiger partial charge in [-0.25, -0.2) is 4.39 Å². The third-order valence-corrected chi connectivity index (χ3v) is 3.62. The van der Waals surface area contributed by atoms with Crippen molar-refractivity contribution in [1.82, 2.24) is 5.32 Å². The summed E-state index contributed by atoms with van der Waals surface area (Å²) in [4.78, 5) is 2.20.